The molecule has 1 nitrogen and oxygen atoms in total. The van der Waals surface area contributed by atoms with E-state index in [2.05, 4.69) is 11.9 Å². The SMILES string of the molecule is CN1CC1=C1C2CC3CC(C2)CC1C3. The van der Waals surface area contributed by atoms with E-state index in [1.54, 1.807) is 37.8 Å². The summed E-state index contributed by atoms with van der Waals surface area (Å²) in [4.78, 5) is 2.46. The lowest BCUT2D eigenvalue weighted by Gasteiger charge is -2.51. The van der Waals surface area contributed by atoms with Crippen LogP contribution in [0.25, 0.3) is 0 Å². The highest BCUT2D eigenvalue weighted by molar-refractivity contribution is 5.33. The smallest absolute Gasteiger partial charge is 0.0572 e. The third-order valence-corrected chi connectivity index (χ3v) is 5.10. The van der Waals surface area contributed by atoms with Gasteiger partial charge in [0.15, 0.2) is 0 Å². The monoisotopic (exact) mass is 189 g/mol. The number of rotatable bonds is 0. The topological polar surface area (TPSA) is 3.01 Å². The molecular formula is C13H19N. The largest absolute Gasteiger partial charge is 0.371 e. The molecule has 4 aliphatic carbocycles. The Balaban J connectivity index is 1.75. The normalized spacial score (nSPS) is 49.1. The number of hydrogen-bond donors (Lipinski definition) is 0. The Morgan fingerprint density at radius 3 is 1.86 bits per heavy atom. The maximum atomic E-state index is 2.46. The van der Waals surface area contributed by atoms with Crippen LogP contribution in [0.4, 0.5) is 0 Å². The van der Waals surface area contributed by atoms with Gasteiger partial charge in [0.05, 0.1) is 6.54 Å². The minimum Gasteiger partial charge on any atom is -0.371 e. The lowest BCUT2D eigenvalue weighted by Crippen LogP contribution is -2.40. The van der Waals surface area contributed by atoms with Gasteiger partial charge in [-0.25, -0.2) is 0 Å². The van der Waals surface area contributed by atoms with Gasteiger partial charge in [-0.1, -0.05) is 0 Å². The van der Waals surface area contributed by atoms with Crippen LogP contribution >= 0.6 is 0 Å². The summed E-state index contributed by atoms with van der Waals surface area (Å²) in [5.41, 5.74) is 3.65. The van der Waals surface area contributed by atoms with Crippen molar-refractivity contribution in [2.45, 2.75) is 32.1 Å². The zero-order valence-electron chi connectivity index (χ0n) is 9.00. The van der Waals surface area contributed by atoms with E-state index in [9.17, 15) is 0 Å². The molecule has 4 bridgehead atoms. The van der Waals surface area contributed by atoms with E-state index >= 15 is 0 Å². The molecule has 0 radical (unpaired) electrons. The predicted octanol–water partition coefficient (Wildman–Crippen LogP) is 2.64. The molecule has 0 aromatic carbocycles. The highest BCUT2D eigenvalue weighted by Crippen LogP contribution is 2.58. The van der Waals surface area contributed by atoms with Crippen LogP contribution < -0.4 is 0 Å². The van der Waals surface area contributed by atoms with Gasteiger partial charge >= 0.3 is 0 Å². The molecule has 5 fully saturated rings. The lowest BCUT2D eigenvalue weighted by atomic mass is 9.54. The van der Waals surface area contributed by atoms with Gasteiger partial charge in [-0.05, 0) is 61.3 Å². The fourth-order valence-corrected chi connectivity index (χ4v) is 4.66. The van der Waals surface area contributed by atoms with Crippen LogP contribution in [-0.4, -0.2) is 18.5 Å². The van der Waals surface area contributed by atoms with E-state index in [4.69, 9.17) is 0 Å². The van der Waals surface area contributed by atoms with E-state index in [1.165, 1.54) is 6.54 Å². The molecule has 1 heteroatoms. The molecule has 0 N–H and O–H groups in total. The summed E-state index contributed by atoms with van der Waals surface area (Å²) in [5, 5.41) is 0. The minimum absolute atomic E-state index is 1.02. The Labute approximate surface area is 86.2 Å². The fourth-order valence-electron chi connectivity index (χ4n) is 4.66. The molecule has 4 saturated carbocycles. The first kappa shape index (κ1) is 7.78. The van der Waals surface area contributed by atoms with Crippen molar-refractivity contribution in [3.05, 3.63) is 11.3 Å². The second-order valence-electron chi connectivity index (χ2n) is 6.06. The van der Waals surface area contributed by atoms with Crippen molar-refractivity contribution in [2.24, 2.45) is 23.7 Å². The van der Waals surface area contributed by atoms with Gasteiger partial charge in [0, 0.05) is 12.7 Å². The maximum Gasteiger partial charge on any atom is 0.0572 e. The zero-order valence-corrected chi connectivity index (χ0v) is 9.00. The molecule has 0 aromatic rings. The molecule has 1 aliphatic heterocycles. The summed E-state index contributed by atoms with van der Waals surface area (Å²) in [6, 6.07) is 0. The molecule has 14 heavy (non-hydrogen) atoms. The summed E-state index contributed by atoms with van der Waals surface area (Å²) < 4.78 is 0. The summed E-state index contributed by atoms with van der Waals surface area (Å²) in [6.45, 7) is 1.29. The lowest BCUT2D eigenvalue weighted by molar-refractivity contribution is 0.0686. The molecule has 0 aromatic heterocycles. The molecule has 76 valence electrons. The van der Waals surface area contributed by atoms with E-state index in [-0.39, 0.29) is 0 Å². The van der Waals surface area contributed by atoms with Crippen LogP contribution in [-0.2, 0) is 0 Å². The summed E-state index contributed by atoms with van der Waals surface area (Å²) in [5.74, 6) is 4.27. The van der Waals surface area contributed by atoms with Crippen molar-refractivity contribution in [3.63, 3.8) is 0 Å². The number of likely N-dealkylation sites (N-methyl/N-ethyl adjacent to an activating group) is 1. The minimum atomic E-state index is 1.02. The molecule has 5 aliphatic rings. The summed E-state index contributed by atoms with van der Waals surface area (Å²) in [7, 11) is 2.26. The van der Waals surface area contributed by atoms with Gasteiger partial charge in [0.1, 0.15) is 0 Å². The van der Waals surface area contributed by atoms with Crippen molar-refractivity contribution in [1.29, 1.82) is 0 Å². The molecule has 0 amide bonds. The Bertz CT molecular complexity index is 285. The molecule has 5 rings (SSSR count). The van der Waals surface area contributed by atoms with E-state index in [0.717, 1.165) is 23.7 Å². The van der Waals surface area contributed by atoms with Crippen LogP contribution in [0.2, 0.25) is 0 Å². The van der Waals surface area contributed by atoms with Gasteiger partial charge in [-0.15, -0.1) is 0 Å². The Kier molecular flexibility index (Phi) is 1.32. The number of allylic oxidation sites excluding steroid dienone is 1. The first-order valence-electron chi connectivity index (χ1n) is 6.25. The van der Waals surface area contributed by atoms with Crippen LogP contribution in [0.15, 0.2) is 11.3 Å². The fraction of sp³-hybridized carbons (Fsp3) is 0.846. The standard InChI is InChI=1S/C13H19N/c1-14-7-12(14)13-10-3-8-2-9(5-10)6-11(13)4-8/h8-11H,2-7H2,1H3. The number of nitrogens with zero attached hydrogens (tertiary/aromatic N) is 1. The quantitative estimate of drug-likeness (QED) is 0.529. The molecule has 0 atom stereocenters. The maximum absolute atomic E-state index is 2.46. The van der Waals surface area contributed by atoms with E-state index in [1.807, 2.05) is 5.57 Å². The van der Waals surface area contributed by atoms with E-state index < -0.39 is 0 Å². The Morgan fingerprint density at radius 1 is 0.929 bits per heavy atom. The van der Waals surface area contributed by atoms with Crippen LogP contribution in [0.1, 0.15) is 32.1 Å². The molecular weight excluding hydrogens is 170 g/mol. The third kappa shape index (κ3) is 0.910. The average molecular weight is 189 g/mol. The predicted molar refractivity (Wildman–Crippen MR) is 56.7 cm³/mol. The molecule has 1 saturated heterocycles. The van der Waals surface area contributed by atoms with Gasteiger partial charge in [0.25, 0.3) is 0 Å². The second-order valence-corrected chi connectivity index (χ2v) is 6.06. The van der Waals surface area contributed by atoms with Crippen molar-refractivity contribution in [2.75, 3.05) is 13.6 Å². The number of hydrogen-bond acceptors (Lipinski definition) is 1. The van der Waals surface area contributed by atoms with Crippen molar-refractivity contribution in [3.8, 4) is 0 Å². The van der Waals surface area contributed by atoms with Gasteiger partial charge in [0.2, 0.25) is 0 Å². The van der Waals surface area contributed by atoms with Gasteiger partial charge < -0.3 is 4.90 Å². The second kappa shape index (κ2) is 2.37. The summed E-state index contributed by atoms with van der Waals surface area (Å²) >= 11 is 0. The molecule has 0 spiro atoms. The van der Waals surface area contributed by atoms with Crippen molar-refractivity contribution < 1.29 is 0 Å². The van der Waals surface area contributed by atoms with Gasteiger partial charge in [-0.3, -0.25) is 0 Å². The first-order valence-corrected chi connectivity index (χ1v) is 6.25. The van der Waals surface area contributed by atoms with Crippen LogP contribution in [0.5, 0.6) is 0 Å². The first-order chi connectivity index (χ1) is 6.81. The zero-order chi connectivity index (χ0) is 9.28. The Morgan fingerprint density at radius 2 is 1.43 bits per heavy atom. The van der Waals surface area contributed by atoms with Crippen LogP contribution in [0, 0.1) is 23.7 Å². The molecule has 1 heterocycles. The van der Waals surface area contributed by atoms with Crippen LogP contribution in [0.3, 0.4) is 0 Å². The van der Waals surface area contributed by atoms with E-state index in [0.29, 0.717) is 0 Å². The third-order valence-electron chi connectivity index (χ3n) is 5.10. The molecule has 0 unspecified atom stereocenters. The average Bonchev–Trinajstić information content (AvgIpc) is 2.80. The summed E-state index contributed by atoms with van der Waals surface area (Å²) in [6.07, 6.45) is 7.74. The van der Waals surface area contributed by atoms with Gasteiger partial charge in [-0.2, -0.15) is 0 Å². The Hall–Kier alpha value is -0.460. The highest BCUT2D eigenvalue weighted by atomic mass is 15.3. The van der Waals surface area contributed by atoms with Crippen molar-refractivity contribution in [1.82, 2.24) is 4.90 Å². The van der Waals surface area contributed by atoms with Crippen molar-refractivity contribution >= 4 is 0 Å². The highest BCUT2D eigenvalue weighted by Gasteiger charge is 2.47.